The van der Waals surface area contributed by atoms with Crippen molar-refractivity contribution in [1.82, 2.24) is 0 Å². The van der Waals surface area contributed by atoms with Gasteiger partial charge >= 0.3 is 0 Å². The molecule has 1 N–H and O–H groups in total. The molecule has 3 aromatic rings. The van der Waals surface area contributed by atoms with E-state index in [4.69, 9.17) is 14.2 Å². The molecule has 27 heavy (non-hydrogen) atoms. The fourth-order valence-corrected chi connectivity index (χ4v) is 2.57. The van der Waals surface area contributed by atoms with Gasteiger partial charge in [-0.3, -0.25) is 4.79 Å². The first-order valence-electron chi connectivity index (χ1n) is 8.50. The zero-order valence-corrected chi connectivity index (χ0v) is 15.2. The van der Waals surface area contributed by atoms with Crippen LogP contribution in [0.1, 0.15) is 11.7 Å². The van der Waals surface area contributed by atoms with E-state index >= 15 is 0 Å². The van der Waals surface area contributed by atoms with Crippen molar-refractivity contribution in [1.29, 1.82) is 0 Å². The SMILES string of the molecule is COc1ccc(NC(=O)C(Oc2ccc(OC)cc2)c2ccccc2)cc1. The number of anilines is 1. The van der Waals surface area contributed by atoms with E-state index in [0.29, 0.717) is 11.4 Å². The van der Waals surface area contributed by atoms with Crippen LogP contribution in [-0.4, -0.2) is 20.1 Å². The van der Waals surface area contributed by atoms with E-state index in [1.807, 2.05) is 30.3 Å². The molecule has 1 amide bonds. The van der Waals surface area contributed by atoms with Gasteiger partial charge in [0.2, 0.25) is 6.10 Å². The van der Waals surface area contributed by atoms with Crippen molar-refractivity contribution in [3.63, 3.8) is 0 Å². The fraction of sp³-hybridized carbons (Fsp3) is 0.136. The van der Waals surface area contributed by atoms with Crippen molar-refractivity contribution in [2.24, 2.45) is 0 Å². The van der Waals surface area contributed by atoms with Gasteiger partial charge in [0, 0.05) is 11.3 Å². The van der Waals surface area contributed by atoms with Crippen LogP contribution in [0.2, 0.25) is 0 Å². The molecule has 0 saturated heterocycles. The van der Waals surface area contributed by atoms with Crippen molar-refractivity contribution < 1.29 is 19.0 Å². The Hall–Kier alpha value is -3.47. The molecule has 0 aliphatic heterocycles. The number of carbonyl (C=O) groups is 1. The van der Waals surface area contributed by atoms with E-state index in [2.05, 4.69) is 5.32 Å². The molecule has 0 fully saturated rings. The number of amides is 1. The first kappa shape index (κ1) is 18.3. The van der Waals surface area contributed by atoms with E-state index < -0.39 is 6.10 Å². The van der Waals surface area contributed by atoms with Gasteiger partial charge in [-0.25, -0.2) is 0 Å². The summed E-state index contributed by atoms with van der Waals surface area (Å²) >= 11 is 0. The minimum absolute atomic E-state index is 0.262. The third kappa shape index (κ3) is 4.79. The number of methoxy groups -OCH3 is 2. The number of carbonyl (C=O) groups excluding carboxylic acids is 1. The van der Waals surface area contributed by atoms with E-state index in [1.54, 1.807) is 62.8 Å². The predicted molar refractivity (Wildman–Crippen MR) is 104 cm³/mol. The maximum atomic E-state index is 12.9. The topological polar surface area (TPSA) is 56.8 Å². The van der Waals surface area contributed by atoms with Crippen molar-refractivity contribution in [3.05, 3.63) is 84.4 Å². The predicted octanol–water partition coefficient (Wildman–Crippen LogP) is 4.46. The number of hydrogen-bond donors (Lipinski definition) is 1. The Balaban J connectivity index is 1.81. The third-order valence-electron chi connectivity index (χ3n) is 4.01. The minimum Gasteiger partial charge on any atom is -0.497 e. The van der Waals surface area contributed by atoms with Crippen LogP contribution in [0.25, 0.3) is 0 Å². The molecule has 0 heterocycles. The van der Waals surface area contributed by atoms with E-state index in [-0.39, 0.29) is 5.91 Å². The Labute approximate surface area is 158 Å². The molecule has 5 nitrogen and oxygen atoms in total. The molecule has 0 radical (unpaired) electrons. The maximum Gasteiger partial charge on any atom is 0.270 e. The van der Waals surface area contributed by atoms with E-state index in [0.717, 1.165) is 17.1 Å². The van der Waals surface area contributed by atoms with Crippen molar-refractivity contribution in [2.45, 2.75) is 6.10 Å². The molecular weight excluding hydrogens is 342 g/mol. The van der Waals surface area contributed by atoms with Crippen molar-refractivity contribution in [3.8, 4) is 17.2 Å². The zero-order chi connectivity index (χ0) is 19.1. The standard InChI is InChI=1S/C22H21NO4/c1-25-18-10-8-17(9-11-18)23-22(24)21(16-6-4-3-5-7-16)27-20-14-12-19(26-2)13-15-20/h3-15,21H,1-2H3,(H,23,24). The average molecular weight is 363 g/mol. The third-order valence-corrected chi connectivity index (χ3v) is 4.01. The maximum absolute atomic E-state index is 12.9. The summed E-state index contributed by atoms with van der Waals surface area (Å²) < 4.78 is 16.3. The lowest BCUT2D eigenvalue weighted by Crippen LogP contribution is -2.25. The molecular formula is C22H21NO4. The molecule has 3 rings (SSSR count). The first-order chi connectivity index (χ1) is 13.2. The van der Waals surface area contributed by atoms with Gasteiger partial charge in [0.1, 0.15) is 17.2 Å². The Morgan fingerprint density at radius 3 is 1.81 bits per heavy atom. The molecule has 1 atom stereocenters. The lowest BCUT2D eigenvalue weighted by atomic mass is 10.1. The van der Waals surface area contributed by atoms with Gasteiger partial charge in [-0.15, -0.1) is 0 Å². The Morgan fingerprint density at radius 2 is 1.26 bits per heavy atom. The molecule has 0 bridgehead atoms. The van der Waals surface area contributed by atoms with E-state index in [1.165, 1.54) is 0 Å². The highest BCUT2D eigenvalue weighted by Crippen LogP contribution is 2.26. The van der Waals surface area contributed by atoms with Crippen LogP contribution in [-0.2, 0) is 4.79 Å². The summed E-state index contributed by atoms with van der Waals surface area (Å²) in [4.78, 5) is 12.9. The van der Waals surface area contributed by atoms with Gasteiger partial charge in [0.15, 0.2) is 0 Å². The number of ether oxygens (including phenoxy) is 3. The Bertz CT molecular complexity index is 861. The normalized spacial score (nSPS) is 11.3. The lowest BCUT2D eigenvalue weighted by molar-refractivity contribution is -0.123. The van der Waals surface area contributed by atoms with Gasteiger partial charge in [-0.05, 0) is 48.5 Å². The molecule has 3 aromatic carbocycles. The quantitative estimate of drug-likeness (QED) is 0.673. The Kier molecular flexibility index (Phi) is 5.94. The molecule has 1 unspecified atom stereocenters. The van der Waals surface area contributed by atoms with Crippen LogP contribution < -0.4 is 19.5 Å². The molecule has 0 spiro atoms. The molecule has 5 heteroatoms. The van der Waals surface area contributed by atoms with Crippen molar-refractivity contribution in [2.75, 3.05) is 19.5 Å². The van der Waals surface area contributed by atoms with Crippen LogP contribution >= 0.6 is 0 Å². The number of hydrogen-bond acceptors (Lipinski definition) is 4. The summed E-state index contributed by atoms with van der Waals surface area (Å²) in [5, 5.41) is 2.89. The average Bonchev–Trinajstić information content (AvgIpc) is 2.73. The summed E-state index contributed by atoms with van der Waals surface area (Å²) in [5.74, 6) is 1.76. The molecule has 0 aromatic heterocycles. The summed E-state index contributed by atoms with van der Waals surface area (Å²) in [7, 11) is 3.20. The highest BCUT2D eigenvalue weighted by Gasteiger charge is 2.23. The highest BCUT2D eigenvalue weighted by atomic mass is 16.5. The second kappa shape index (κ2) is 8.76. The largest absolute Gasteiger partial charge is 0.497 e. The molecule has 0 saturated carbocycles. The van der Waals surface area contributed by atoms with Gasteiger partial charge in [0.25, 0.3) is 5.91 Å². The summed E-state index contributed by atoms with van der Waals surface area (Å²) in [5.41, 5.74) is 1.43. The Morgan fingerprint density at radius 1 is 0.741 bits per heavy atom. The van der Waals surface area contributed by atoms with Gasteiger partial charge in [-0.2, -0.15) is 0 Å². The van der Waals surface area contributed by atoms with Crippen LogP contribution in [0, 0.1) is 0 Å². The monoisotopic (exact) mass is 363 g/mol. The summed E-state index contributed by atoms with van der Waals surface area (Å²) in [6.07, 6.45) is -0.790. The second-order valence-corrected chi connectivity index (χ2v) is 5.80. The van der Waals surface area contributed by atoms with Gasteiger partial charge in [0.05, 0.1) is 14.2 Å². The minimum atomic E-state index is -0.790. The number of benzene rings is 3. The van der Waals surface area contributed by atoms with E-state index in [9.17, 15) is 4.79 Å². The first-order valence-corrected chi connectivity index (χ1v) is 8.50. The fourth-order valence-electron chi connectivity index (χ4n) is 2.57. The smallest absolute Gasteiger partial charge is 0.270 e. The summed E-state index contributed by atoms with van der Waals surface area (Å²) in [6, 6.07) is 23.6. The highest BCUT2D eigenvalue weighted by molar-refractivity contribution is 5.95. The van der Waals surface area contributed by atoms with Crippen molar-refractivity contribution >= 4 is 11.6 Å². The van der Waals surface area contributed by atoms with Crippen LogP contribution in [0.5, 0.6) is 17.2 Å². The molecule has 138 valence electrons. The molecule has 0 aliphatic rings. The lowest BCUT2D eigenvalue weighted by Gasteiger charge is -2.19. The summed E-state index contributed by atoms with van der Waals surface area (Å²) in [6.45, 7) is 0. The van der Waals surface area contributed by atoms with Crippen LogP contribution in [0.3, 0.4) is 0 Å². The zero-order valence-electron chi connectivity index (χ0n) is 15.2. The van der Waals surface area contributed by atoms with Crippen LogP contribution in [0.4, 0.5) is 5.69 Å². The van der Waals surface area contributed by atoms with Gasteiger partial charge in [-0.1, -0.05) is 30.3 Å². The number of nitrogens with one attached hydrogen (secondary N) is 1. The van der Waals surface area contributed by atoms with Gasteiger partial charge < -0.3 is 19.5 Å². The molecule has 0 aliphatic carbocycles. The second-order valence-electron chi connectivity index (χ2n) is 5.80. The van der Waals surface area contributed by atoms with Crippen LogP contribution in [0.15, 0.2) is 78.9 Å². The number of rotatable bonds is 7.